The number of rotatable bonds is 5. The number of amides is 1. The van der Waals surface area contributed by atoms with Crippen molar-refractivity contribution in [1.29, 1.82) is 0 Å². The van der Waals surface area contributed by atoms with Gasteiger partial charge in [-0.2, -0.15) is 0 Å². The van der Waals surface area contributed by atoms with E-state index in [2.05, 4.69) is 9.71 Å². The second-order valence-electron chi connectivity index (χ2n) is 8.33. The van der Waals surface area contributed by atoms with Crippen LogP contribution in [0.2, 0.25) is 0 Å². The molecule has 2 fully saturated rings. The minimum atomic E-state index is -3.28. The lowest BCUT2D eigenvalue weighted by atomic mass is 10.1. The van der Waals surface area contributed by atoms with E-state index in [0.717, 1.165) is 17.6 Å². The average Bonchev–Trinajstić information content (AvgIpc) is 3.42. The lowest BCUT2D eigenvalue weighted by Crippen LogP contribution is -2.36. The van der Waals surface area contributed by atoms with Gasteiger partial charge in [-0.05, 0) is 44.7 Å². The monoisotopic (exact) mass is 469 g/mol. The molecule has 1 saturated heterocycles. The second-order valence-corrected chi connectivity index (χ2v) is 11.3. The molecule has 0 spiro atoms. The number of benzene rings is 1. The molecule has 3 atom stereocenters. The van der Waals surface area contributed by atoms with E-state index < -0.39 is 21.7 Å². The minimum Gasteiger partial charge on any atom is -0.342 e. The number of carbonyl (C=O) groups excluding carboxylic acids is 1. The Kier molecular flexibility index (Phi) is 6.15. The maximum absolute atomic E-state index is 14.4. The lowest BCUT2D eigenvalue weighted by molar-refractivity contribution is -0.132. The molecule has 0 unspecified atom stereocenters. The molecule has 31 heavy (non-hydrogen) atoms. The summed E-state index contributed by atoms with van der Waals surface area (Å²) < 4.78 is 54.3. The van der Waals surface area contributed by atoms with Gasteiger partial charge < -0.3 is 4.90 Å². The number of thiazole rings is 1. The van der Waals surface area contributed by atoms with Gasteiger partial charge in [-0.1, -0.05) is 6.07 Å². The first-order valence-corrected chi connectivity index (χ1v) is 13.0. The van der Waals surface area contributed by atoms with Crippen LogP contribution < -0.4 is 4.72 Å². The van der Waals surface area contributed by atoms with E-state index in [4.69, 9.17) is 0 Å². The number of sulfonamides is 1. The first kappa shape index (κ1) is 22.3. The van der Waals surface area contributed by atoms with E-state index in [1.54, 1.807) is 11.8 Å². The molecule has 2 heterocycles. The molecule has 1 amide bonds. The smallest absolute Gasteiger partial charge is 0.226 e. The first-order valence-electron chi connectivity index (χ1n) is 10.3. The SMILES string of the molecule is Cc1nc(-c2c(F)cccc2F)c([C@@H]2C[C@H]2C(=O)N2CCC[C@H](NS(C)(=O)=O)CC2)s1. The Bertz CT molecular complexity index is 1080. The highest BCUT2D eigenvalue weighted by Crippen LogP contribution is 2.53. The van der Waals surface area contributed by atoms with Crippen molar-refractivity contribution < 1.29 is 22.0 Å². The van der Waals surface area contributed by atoms with Gasteiger partial charge in [0.1, 0.15) is 11.6 Å². The summed E-state index contributed by atoms with van der Waals surface area (Å²) in [5, 5.41) is 0.704. The Hall–Kier alpha value is -1.91. The van der Waals surface area contributed by atoms with Gasteiger partial charge in [0.25, 0.3) is 0 Å². The van der Waals surface area contributed by atoms with Crippen LogP contribution in [-0.2, 0) is 14.8 Å². The molecule has 1 aromatic heterocycles. The number of nitrogens with one attached hydrogen (secondary N) is 1. The molecule has 0 radical (unpaired) electrons. The van der Waals surface area contributed by atoms with Crippen molar-refractivity contribution in [3.63, 3.8) is 0 Å². The maximum atomic E-state index is 14.4. The van der Waals surface area contributed by atoms with Gasteiger partial charge in [-0.3, -0.25) is 4.79 Å². The molecule has 10 heteroatoms. The van der Waals surface area contributed by atoms with Gasteiger partial charge in [0, 0.05) is 35.8 Å². The van der Waals surface area contributed by atoms with E-state index in [1.807, 2.05) is 0 Å². The predicted octanol–water partition coefficient (Wildman–Crippen LogP) is 3.43. The summed E-state index contributed by atoms with van der Waals surface area (Å²) in [7, 11) is -3.28. The molecule has 0 bridgehead atoms. The summed E-state index contributed by atoms with van der Waals surface area (Å²) in [5.74, 6) is -1.62. The molecule has 1 aliphatic carbocycles. The molecule has 2 aromatic rings. The van der Waals surface area contributed by atoms with Crippen LogP contribution in [0.3, 0.4) is 0 Å². The maximum Gasteiger partial charge on any atom is 0.226 e. The molecule has 2 aliphatic rings. The van der Waals surface area contributed by atoms with Crippen molar-refractivity contribution in [2.75, 3.05) is 19.3 Å². The van der Waals surface area contributed by atoms with Gasteiger partial charge >= 0.3 is 0 Å². The first-order chi connectivity index (χ1) is 14.6. The Morgan fingerprint density at radius 3 is 2.61 bits per heavy atom. The third-order valence-electron chi connectivity index (χ3n) is 5.82. The zero-order valence-electron chi connectivity index (χ0n) is 17.4. The summed E-state index contributed by atoms with van der Waals surface area (Å²) in [6.45, 7) is 2.87. The summed E-state index contributed by atoms with van der Waals surface area (Å²) >= 11 is 1.38. The molecular formula is C21H25F2N3O3S2. The van der Waals surface area contributed by atoms with Gasteiger partial charge in [0.15, 0.2) is 0 Å². The molecule has 168 valence electrons. The normalized spacial score (nSPS) is 24.1. The number of hydrogen-bond acceptors (Lipinski definition) is 5. The van der Waals surface area contributed by atoms with Crippen molar-refractivity contribution in [1.82, 2.24) is 14.6 Å². The van der Waals surface area contributed by atoms with Gasteiger partial charge in [0.05, 0.1) is 22.5 Å². The third-order valence-corrected chi connectivity index (χ3v) is 7.69. The van der Waals surface area contributed by atoms with E-state index in [1.165, 1.54) is 29.5 Å². The van der Waals surface area contributed by atoms with E-state index in [-0.39, 0.29) is 29.3 Å². The van der Waals surface area contributed by atoms with Crippen LogP contribution in [0.1, 0.15) is 41.5 Å². The van der Waals surface area contributed by atoms with E-state index in [9.17, 15) is 22.0 Å². The van der Waals surface area contributed by atoms with Crippen molar-refractivity contribution in [3.8, 4) is 11.3 Å². The van der Waals surface area contributed by atoms with Crippen LogP contribution in [0.5, 0.6) is 0 Å². The van der Waals surface area contributed by atoms with Gasteiger partial charge in [0.2, 0.25) is 15.9 Å². The zero-order chi connectivity index (χ0) is 22.3. The molecule has 1 saturated carbocycles. The predicted molar refractivity (Wildman–Crippen MR) is 115 cm³/mol. The van der Waals surface area contributed by atoms with Crippen LogP contribution >= 0.6 is 11.3 Å². The molecule has 1 aromatic carbocycles. The summed E-state index contributed by atoms with van der Waals surface area (Å²) in [6, 6.07) is 3.58. The summed E-state index contributed by atoms with van der Waals surface area (Å²) in [5.41, 5.74) is 0.163. The molecule has 1 N–H and O–H groups in total. The van der Waals surface area contributed by atoms with Crippen LogP contribution in [-0.4, -0.2) is 49.6 Å². The standard InChI is InChI=1S/C21H25F2N3O3S2/c1-12-24-19(18-16(22)6-3-7-17(18)23)20(30-12)14-11-15(14)21(27)26-9-4-5-13(8-10-26)25-31(2,28)29/h3,6-7,13-15,25H,4-5,8-11H2,1-2H3/t13-,14+,15+/m0/s1. The number of nitrogens with zero attached hydrogens (tertiary/aromatic N) is 2. The topological polar surface area (TPSA) is 79.4 Å². The fraction of sp³-hybridized carbons (Fsp3) is 0.524. The highest BCUT2D eigenvalue weighted by molar-refractivity contribution is 7.88. The number of hydrogen-bond donors (Lipinski definition) is 1. The molecule has 1 aliphatic heterocycles. The fourth-order valence-corrected chi connectivity index (χ4v) is 6.28. The van der Waals surface area contributed by atoms with Crippen molar-refractivity contribution in [2.24, 2.45) is 5.92 Å². The molecule has 4 rings (SSSR count). The van der Waals surface area contributed by atoms with Gasteiger partial charge in [-0.15, -0.1) is 11.3 Å². The summed E-state index contributed by atoms with van der Waals surface area (Å²) in [6.07, 6.45) is 3.76. The van der Waals surface area contributed by atoms with Crippen molar-refractivity contribution in [2.45, 2.75) is 44.6 Å². The number of likely N-dealkylation sites (tertiary alicyclic amines) is 1. The minimum absolute atomic E-state index is 0.0241. The second kappa shape index (κ2) is 8.55. The van der Waals surface area contributed by atoms with Crippen LogP contribution in [0.4, 0.5) is 8.78 Å². The van der Waals surface area contributed by atoms with E-state index >= 15 is 0 Å². The lowest BCUT2D eigenvalue weighted by Gasteiger charge is -2.21. The molecular weight excluding hydrogens is 444 g/mol. The Morgan fingerprint density at radius 2 is 1.94 bits per heavy atom. The van der Waals surface area contributed by atoms with Crippen LogP contribution in [0.15, 0.2) is 18.2 Å². The Balaban J connectivity index is 1.48. The van der Waals surface area contributed by atoms with Crippen LogP contribution in [0, 0.1) is 24.5 Å². The van der Waals surface area contributed by atoms with Crippen molar-refractivity contribution in [3.05, 3.63) is 39.7 Å². The van der Waals surface area contributed by atoms with Crippen molar-refractivity contribution >= 4 is 27.3 Å². The van der Waals surface area contributed by atoms with Gasteiger partial charge in [-0.25, -0.2) is 26.9 Å². The Labute approximate surface area is 184 Å². The number of carbonyl (C=O) groups is 1. The fourth-order valence-electron chi connectivity index (χ4n) is 4.33. The van der Waals surface area contributed by atoms with E-state index in [0.29, 0.717) is 43.1 Å². The largest absolute Gasteiger partial charge is 0.342 e. The zero-order valence-corrected chi connectivity index (χ0v) is 19.0. The average molecular weight is 470 g/mol. The quantitative estimate of drug-likeness (QED) is 0.728. The summed E-state index contributed by atoms with van der Waals surface area (Å²) in [4.78, 5) is 20.0. The van der Waals surface area contributed by atoms with Crippen LogP contribution in [0.25, 0.3) is 11.3 Å². The number of aromatic nitrogens is 1. The third kappa shape index (κ3) is 4.96. The highest BCUT2D eigenvalue weighted by atomic mass is 32.2. The molecule has 6 nitrogen and oxygen atoms in total. The number of aryl methyl sites for hydroxylation is 1. The Morgan fingerprint density at radius 1 is 1.23 bits per heavy atom. The number of halogens is 2. The highest BCUT2D eigenvalue weighted by Gasteiger charge is 2.48.